The van der Waals surface area contributed by atoms with Crippen molar-refractivity contribution in [2.75, 3.05) is 18.2 Å². The third-order valence-corrected chi connectivity index (χ3v) is 2.74. The molecule has 0 aliphatic rings. The van der Waals surface area contributed by atoms with Crippen LogP contribution >= 0.6 is 23.4 Å². The Morgan fingerprint density at radius 2 is 2.25 bits per heavy atom. The van der Waals surface area contributed by atoms with Gasteiger partial charge in [0.15, 0.2) is 0 Å². The topological polar surface area (TPSA) is 26.0 Å². The van der Waals surface area contributed by atoms with Crippen LogP contribution in [0.1, 0.15) is 0 Å². The van der Waals surface area contributed by atoms with Gasteiger partial charge in [0.25, 0.3) is 0 Å². The van der Waals surface area contributed by atoms with E-state index in [0.717, 1.165) is 4.90 Å². The summed E-state index contributed by atoms with van der Waals surface area (Å²) in [6.45, 7) is -0.351. The lowest BCUT2D eigenvalue weighted by Crippen LogP contribution is -1.86. The lowest BCUT2D eigenvalue weighted by molar-refractivity contribution is 0.533. The fourth-order valence-electron chi connectivity index (χ4n) is 0.779. The summed E-state index contributed by atoms with van der Waals surface area (Å²) in [5.74, 6) is 0.420. The quantitative estimate of drug-likeness (QED) is 0.607. The summed E-state index contributed by atoms with van der Waals surface area (Å²) in [6.07, 6.45) is 0. The number of hydrogen-bond acceptors (Lipinski definition) is 2. The van der Waals surface area contributed by atoms with Crippen molar-refractivity contribution in [1.82, 2.24) is 0 Å². The minimum atomic E-state index is -0.351. The lowest BCUT2D eigenvalue weighted by atomic mass is 10.3. The van der Waals surface area contributed by atoms with Gasteiger partial charge < -0.3 is 5.73 Å². The first-order valence-electron chi connectivity index (χ1n) is 3.48. The number of halogens is 2. The Balaban J connectivity index is 2.75. The normalized spacial score (nSPS) is 10.2. The van der Waals surface area contributed by atoms with E-state index in [-0.39, 0.29) is 6.67 Å². The maximum absolute atomic E-state index is 11.8. The molecular formula is C8H9ClFNS. The number of anilines is 1. The molecule has 1 nitrogen and oxygen atoms in total. The first kappa shape index (κ1) is 9.68. The first-order valence-corrected chi connectivity index (χ1v) is 4.84. The Hall–Kier alpha value is -0.410. The molecule has 0 radical (unpaired) electrons. The third-order valence-electron chi connectivity index (χ3n) is 1.29. The van der Waals surface area contributed by atoms with Gasteiger partial charge in [-0.3, -0.25) is 4.39 Å². The van der Waals surface area contributed by atoms with E-state index >= 15 is 0 Å². The van der Waals surface area contributed by atoms with Gasteiger partial charge in [-0.15, -0.1) is 11.8 Å². The summed E-state index contributed by atoms with van der Waals surface area (Å²) >= 11 is 7.21. The molecule has 0 heterocycles. The standard InChI is InChI=1S/C8H9ClFNS/c9-7-2-1-6(11)5-8(7)12-4-3-10/h1-2,5H,3-4,11H2. The van der Waals surface area contributed by atoms with E-state index in [4.69, 9.17) is 17.3 Å². The maximum atomic E-state index is 11.8. The Labute approximate surface area is 80.1 Å². The number of hydrogen-bond donors (Lipinski definition) is 1. The molecular weight excluding hydrogens is 197 g/mol. The number of nitrogen functional groups attached to an aromatic ring is 1. The molecule has 0 saturated carbocycles. The van der Waals surface area contributed by atoms with Gasteiger partial charge in [0, 0.05) is 16.3 Å². The molecule has 12 heavy (non-hydrogen) atoms. The van der Waals surface area contributed by atoms with Gasteiger partial charge in [-0.05, 0) is 18.2 Å². The highest BCUT2D eigenvalue weighted by Gasteiger charge is 2.00. The predicted octanol–water partition coefficient (Wildman–Crippen LogP) is 2.98. The van der Waals surface area contributed by atoms with Crippen molar-refractivity contribution in [3.8, 4) is 0 Å². The minimum Gasteiger partial charge on any atom is -0.399 e. The second-order valence-electron chi connectivity index (χ2n) is 2.23. The zero-order valence-corrected chi connectivity index (χ0v) is 7.96. The summed E-state index contributed by atoms with van der Waals surface area (Å²) in [7, 11) is 0. The van der Waals surface area contributed by atoms with Crippen LogP contribution in [-0.4, -0.2) is 12.4 Å². The van der Waals surface area contributed by atoms with Crippen molar-refractivity contribution in [3.63, 3.8) is 0 Å². The van der Waals surface area contributed by atoms with Crippen molar-refractivity contribution in [3.05, 3.63) is 23.2 Å². The van der Waals surface area contributed by atoms with Crippen molar-refractivity contribution < 1.29 is 4.39 Å². The molecule has 0 amide bonds. The number of benzene rings is 1. The fraction of sp³-hybridized carbons (Fsp3) is 0.250. The Morgan fingerprint density at radius 3 is 2.92 bits per heavy atom. The van der Waals surface area contributed by atoms with Gasteiger partial charge in [-0.25, -0.2) is 0 Å². The van der Waals surface area contributed by atoms with Crippen LogP contribution in [0.2, 0.25) is 5.02 Å². The molecule has 0 unspecified atom stereocenters. The summed E-state index contributed by atoms with van der Waals surface area (Å²) in [5.41, 5.74) is 6.19. The second kappa shape index (κ2) is 4.58. The highest BCUT2D eigenvalue weighted by molar-refractivity contribution is 7.99. The van der Waals surface area contributed by atoms with E-state index in [9.17, 15) is 4.39 Å². The molecule has 0 aliphatic carbocycles. The van der Waals surface area contributed by atoms with Gasteiger partial charge in [-0.1, -0.05) is 11.6 Å². The molecule has 2 N–H and O–H groups in total. The number of alkyl halides is 1. The monoisotopic (exact) mass is 205 g/mol. The Kier molecular flexibility index (Phi) is 3.69. The summed E-state index contributed by atoms with van der Waals surface area (Å²) in [5, 5.41) is 0.627. The van der Waals surface area contributed by atoms with Crippen LogP contribution in [-0.2, 0) is 0 Å². The molecule has 66 valence electrons. The van der Waals surface area contributed by atoms with Gasteiger partial charge >= 0.3 is 0 Å². The Morgan fingerprint density at radius 1 is 1.50 bits per heavy atom. The highest BCUT2D eigenvalue weighted by Crippen LogP contribution is 2.28. The van der Waals surface area contributed by atoms with Crippen LogP contribution in [0, 0.1) is 0 Å². The lowest BCUT2D eigenvalue weighted by Gasteiger charge is -2.02. The summed E-state index contributed by atoms with van der Waals surface area (Å²) in [6, 6.07) is 5.20. The van der Waals surface area contributed by atoms with Crippen molar-refractivity contribution >= 4 is 29.1 Å². The largest absolute Gasteiger partial charge is 0.399 e. The van der Waals surface area contributed by atoms with Crippen molar-refractivity contribution in [1.29, 1.82) is 0 Å². The average Bonchev–Trinajstić information content (AvgIpc) is 2.07. The SMILES string of the molecule is Nc1ccc(Cl)c(SCCF)c1. The van der Waals surface area contributed by atoms with Gasteiger partial charge in [0.2, 0.25) is 0 Å². The maximum Gasteiger partial charge on any atom is 0.0988 e. The zero-order chi connectivity index (χ0) is 8.97. The molecule has 1 aromatic rings. The van der Waals surface area contributed by atoms with E-state index in [2.05, 4.69) is 0 Å². The molecule has 0 aromatic heterocycles. The van der Waals surface area contributed by atoms with Crippen molar-refractivity contribution in [2.45, 2.75) is 4.90 Å². The predicted molar refractivity (Wildman–Crippen MR) is 52.6 cm³/mol. The number of rotatable bonds is 3. The zero-order valence-electron chi connectivity index (χ0n) is 6.39. The van der Waals surface area contributed by atoms with Crippen molar-refractivity contribution in [2.24, 2.45) is 0 Å². The van der Waals surface area contributed by atoms with Crippen LogP contribution in [0.15, 0.2) is 23.1 Å². The number of thioether (sulfide) groups is 1. The van der Waals surface area contributed by atoms with Crippen LogP contribution in [0.5, 0.6) is 0 Å². The van der Waals surface area contributed by atoms with E-state index < -0.39 is 0 Å². The van der Waals surface area contributed by atoms with Crippen LogP contribution in [0.25, 0.3) is 0 Å². The fourth-order valence-corrected chi connectivity index (χ4v) is 1.78. The number of nitrogens with two attached hydrogens (primary N) is 1. The average molecular weight is 206 g/mol. The molecule has 1 aromatic carbocycles. The molecule has 0 aliphatic heterocycles. The first-order chi connectivity index (χ1) is 5.74. The highest BCUT2D eigenvalue weighted by atomic mass is 35.5. The van der Waals surface area contributed by atoms with E-state index in [0.29, 0.717) is 16.5 Å². The molecule has 0 spiro atoms. The summed E-state index contributed by atoms with van der Waals surface area (Å²) in [4.78, 5) is 0.842. The third kappa shape index (κ3) is 2.57. The van der Waals surface area contributed by atoms with Gasteiger partial charge in [0.1, 0.15) is 0 Å². The smallest absolute Gasteiger partial charge is 0.0988 e. The van der Waals surface area contributed by atoms with Gasteiger partial charge in [-0.2, -0.15) is 0 Å². The van der Waals surface area contributed by atoms with Gasteiger partial charge in [0.05, 0.1) is 11.7 Å². The van der Waals surface area contributed by atoms with E-state index in [1.54, 1.807) is 18.2 Å². The summed E-state index contributed by atoms with van der Waals surface area (Å²) < 4.78 is 11.8. The minimum absolute atomic E-state index is 0.351. The molecule has 0 bridgehead atoms. The molecule has 0 saturated heterocycles. The van der Waals surface area contributed by atoms with Crippen LogP contribution in [0.4, 0.5) is 10.1 Å². The molecule has 1 rings (SSSR count). The van der Waals surface area contributed by atoms with E-state index in [1.165, 1.54) is 11.8 Å². The molecule has 4 heteroatoms. The van der Waals surface area contributed by atoms with E-state index in [1.807, 2.05) is 0 Å². The second-order valence-corrected chi connectivity index (χ2v) is 3.77. The van der Waals surface area contributed by atoms with Crippen LogP contribution in [0.3, 0.4) is 0 Å². The Bertz CT molecular complexity index is 267. The van der Waals surface area contributed by atoms with Crippen LogP contribution < -0.4 is 5.73 Å². The molecule has 0 fully saturated rings. The molecule has 0 atom stereocenters.